The zero-order valence-electron chi connectivity index (χ0n) is 11.3. The number of nitrogens with zero attached hydrogens (tertiary/aromatic N) is 1. The van der Waals surface area contributed by atoms with Gasteiger partial charge in [0.05, 0.1) is 27.5 Å². The van der Waals surface area contributed by atoms with E-state index < -0.39 is 0 Å². The number of methoxy groups -OCH3 is 3. The number of rotatable bonds is 5. The topological polar surface area (TPSA) is 64.1 Å². The molecule has 1 aromatic rings. The molecule has 1 rings (SSSR count). The van der Waals surface area contributed by atoms with Crippen LogP contribution in [0.1, 0.15) is 5.56 Å². The molecular weight excluding hydrogens is 266 g/mol. The normalized spacial score (nSPS) is 10.1. The van der Waals surface area contributed by atoms with Crippen LogP contribution in [0.25, 0.3) is 0 Å². The number of benzene rings is 1. The molecule has 7 heteroatoms. The Morgan fingerprint density at radius 2 is 1.84 bits per heavy atom. The Kier molecular flexibility index (Phi) is 5.87. The second kappa shape index (κ2) is 7.42. The molecule has 0 aromatic heterocycles. The Morgan fingerprint density at radius 3 is 2.37 bits per heavy atom. The van der Waals surface area contributed by atoms with Gasteiger partial charge in [-0.3, -0.25) is 5.43 Å². The SMILES string of the molecule is CNC(=S)NN=Cc1ccc(OC)c(OC)c1OC. The highest BCUT2D eigenvalue weighted by atomic mass is 32.1. The van der Waals surface area contributed by atoms with E-state index in [2.05, 4.69) is 15.8 Å². The number of hydrazone groups is 1. The van der Waals surface area contributed by atoms with Crippen molar-refractivity contribution in [3.63, 3.8) is 0 Å². The predicted octanol–water partition coefficient (Wildman–Crippen LogP) is 1.14. The van der Waals surface area contributed by atoms with E-state index in [-0.39, 0.29) is 0 Å². The van der Waals surface area contributed by atoms with Crippen LogP contribution < -0.4 is 25.0 Å². The van der Waals surface area contributed by atoms with Crippen LogP contribution in [0.5, 0.6) is 17.2 Å². The molecule has 0 aliphatic carbocycles. The summed E-state index contributed by atoms with van der Waals surface area (Å²) in [5.74, 6) is 1.66. The van der Waals surface area contributed by atoms with E-state index in [0.29, 0.717) is 22.4 Å². The zero-order valence-corrected chi connectivity index (χ0v) is 12.1. The summed E-state index contributed by atoms with van der Waals surface area (Å²) in [6, 6.07) is 3.59. The molecule has 0 unspecified atom stereocenters. The molecular formula is C12H17N3O3S. The Bertz CT molecular complexity index is 478. The first-order chi connectivity index (χ1) is 9.17. The number of hydrogen-bond donors (Lipinski definition) is 2. The average molecular weight is 283 g/mol. The highest BCUT2D eigenvalue weighted by Crippen LogP contribution is 2.38. The van der Waals surface area contributed by atoms with E-state index in [4.69, 9.17) is 26.4 Å². The first kappa shape index (κ1) is 15.0. The van der Waals surface area contributed by atoms with Gasteiger partial charge in [-0.15, -0.1) is 0 Å². The van der Waals surface area contributed by atoms with E-state index in [0.717, 1.165) is 5.56 Å². The van der Waals surface area contributed by atoms with E-state index in [9.17, 15) is 0 Å². The van der Waals surface area contributed by atoms with Gasteiger partial charge in [-0.05, 0) is 24.4 Å². The highest BCUT2D eigenvalue weighted by Gasteiger charge is 2.14. The van der Waals surface area contributed by atoms with Crippen molar-refractivity contribution in [1.82, 2.24) is 10.7 Å². The lowest BCUT2D eigenvalue weighted by Crippen LogP contribution is -2.28. The van der Waals surface area contributed by atoms with Crippen LogP contribution in [-0.4, -0.2) is 39.7 Å². The first-order valence-electron chi connectivity index (χ1n) is 5.47. The third kappa shape index (κ3) is 3.72. The molecule has 2 N–H and O–H groups in total. The van der Waals surface area contributed by atoms with Crippen molar-refractivity contribution < 1.29 is 14.2 Å². The molecule has 104 valence electrons. The van der Waals surface area contributed by atoms with E-state index in [1.807, 2.05) is 6.07 Å². The first-order valence-corrected chi connectivity index (χ1v) is 5.88. The van der Waals surface area contributed by atoms with Gasteiger partial charge < -0.3 is 19.5 Å². The van der Waals surface area contributed by atoms with Gasteiger partial charge in [0.25, 0.3) is 0 Å². The zero-order chi connectivity index (χ0) is 14.3. The molecule has 0 atom stereocenters. The Hall–Kier alpha value is -2.02. The van der Waals surface area contributed by atoms with E-state index in [1.54, 1.807) is 40.7 Å². The fourth-order valence-electron chi connectivity index (χ4n) is 1.44. The molecule has 0 saturated heterocycles. The molecule has 0 fully saturated rings. The quantitative estimate of drug-likeness (QED) is 0.480. The molecule has 0 spiro atoms. The van der Waals surface area contributed by atoms with Crippen LogP contribution in [0.15, 0.2) is 17.2 Å². The molecule has 0 amide bonds. The summed E-state index contributed by atoms with van der Waals surface area (Å²) in [7, 11) is 6.38. The molecule has 0 saturated carbocycles. The van der Waals surface area contributed by atoms with Gasteiger partial charge in [-0.25, -0.2) is 0 Å². The minimum absolute atomic E-state index is 0.427. The third-order valence-electron chi connectivity index (χ3n) is 2.33. The average Bonchev–Trinajstić information content (AvgIpc) is 2.45. The second-order valence-electron chi connectivity index (χ2n) is 3.37. The van der Waals surface area contributed by atoms with Crippen LogP contribution in [0.2, 0.25) is 0 Å². The number of thiocarbonyl (C=S) groups is 1. The summed E-state index contributed by atoms with van der Waals surface area (Å²) in [5.41, 5.74) is 3.40. The van der Waals surface area contributed by atoms with Crippen LogP contribution in [0.4, 0.5) is 0 Å². The minimum atomic E-state index is 0.427. The maximum Gasteiger partial charge on any atom is 0.203 e. The summed E-state index contributed by atoms with van der Waals surface area (Å²) < 4.78 is 15.8. The van der Waals surface area contributed by atoms with Gasteiger partial charge in [-0.2, -0.15) is 5.10 Å². The van der Waals surface area contributed by atoms with Crippen molar-refractivity contribution in [3.05, 3.63) is 17.7 Å². The fourth-order valence-corrected chi connectivity index (χ4v) is 1.50. The molecule has 0 bridgehead atoms. The van der Waals surface area contributed by atoms with E-state index >= 15 is 0 Å². The van der Waals surface area contributed by atoms with Crippen molar-refractivity contribution in [2.45, 2.75) is 0 Å². The Balaban J connectivity index is 3.04. The van der Waals surface area contributed by atoms with Crippen molar-refractivity contribution in [1.29, 1.82) is 0 Å². The van der Waals surface area contributed by atoms with Gasteiger partial charge in [-0.1, -0.05) is 0 Å². The minimum Gasteiger partial charge on any atom is -0.493 e. The number of ether oxygens (including phenoxy) is 3. The van der Waals surface area contributed by atoms with Crippen molar-refractivity contribution in [2.24, 2.45) is 5.10 Å². The Labute approximate surface area is 117 Å². The summed E-state index contributed by atoms with van der Waals surface area (Å²) in [6.07, 6.45) is 1.59. The fraction of sp³-hybridized carbons (Fsp3) is 0.333. The summed E-state index contributed by atoms with van der Waals surface area (Å²) in [4.78, 5) is 0. The van der Waals surface area contributed by atoms with Gasteiger partial charge in [0.2, 0.25) is 5.75 Å². The summed E-state index contributed by atoms with van der Waals surface area (Å²) in [5, 5.41) is 7.17. The van der Waals surface area contributed by atoms with E-state index in [1.165, 1.54) is 0 Å². The standard InChI is InChI=1S/C12H17N3O3S/c1-13-12(19)15-14-7-8-5-6-9(16-2)11(18-4)10(8)17-3/h5-7H,1-4H3,(H2,13,15,19). The van der Waals surface area contributed by atoms with Crippen molar-refractivity contribution in [3.8, 4) is 17.2 Å². The predicted molar refractivity (Wildman–Crippen MR) is 78.5 cm³/mol. The maximum atomic E-state index is 5.32. The molecule has 0 aliphatic rings. The molecule has 6 nitrogen and oxygen atoms in total. The molecule has 19 heavy (non-hydrogen) atoms. The summed E-state index contributed by atoms with van der Waals surface area (Å²) in [6.45, 7) is 0. The maximum absolute atomic E-state index is 5.32. The molecule has 1 aromatic carbocycles. The van der Waals surface area contributed by atoms with Gasteiger partial charge in [0.15, 0.2) is 16.6 Å². The van der Waals surface area contributed by atoms with Gasteiger partial charge in [0, 0.05) is 12.6 Å². The number of hydrogen-bond acceptors (Lipinski definition) is 5. The Morgan fingerprint density at radius 1 is 1.16 bits per heavy atom. The van der Waals surface area contributed by atoms with Crippen LogP contribution >= 0.6 is 12.2 Å². The van der Waals surface area contributed by atoms with Crippen LogP contribution in [0.3, 0.4) is 0 Å². The summed E-state index contributed by atoms with van der Waals surface area (Å²) >= 11 is 4.91. The molecule has 0 radical (unpaired) electrons. The van der Waals surface area contributed by atoms with Crippen LogP contribution in [0, 0.1) is 0 Å². The van der Waals surface area contributed by atoms with Gasteiger partial charge >= 0.3 is 0 Å². The second-order valence-corrected chi connectivity index (χ2v) is 3.78. The molecule has 0 heterocycles. The van der Waals surface area contributed by atoms with Crippen LogP contribution in [-0.2, 0) is 0 Å². The lowest BCUT2D eigenvalue weighted by Gasteiger charge is -2.13. The number of nitrogens with one attached hydrogen (secondary N) is 2. The monoisotopic (exact) mass is 283 g/mol. The lowest BCUT2D eigenvalue weighted by molar-refractivity contribution is 0.324. The lowest BCUT2D eigenvalue weighted by atomic mass is 10.2. The highest BCUT2D eigenvalue weighted by molar-refractivity contribution is 7.80. The largest absolute Gasteiger partial charge is 0.493 e. The molecule has 0 aliphatic heterocycles. The van der Waals surface area contributed by atoms with Crippen molar-refractivity contribution in [2.75, 3.05) is 28.4 Å². The third-order valence-corrected chi connectivity index (χ3v) is 2.63. The van der Waals surface area contributed by atoms with Crippen molar-refractivity contribution >= 4 is 23.5 Å². The van der Waals surface area contributed by atoms with Gasteiger partial charge in [0.1, 0.15) is 0 Å². The smallest absolute Gasteiger partial charge is 0.203 e.